The molecule has 1 unspecified atom stereocenters. The summed E-state index contributed by atoms with van der Waals surface area (Å²) in [4.78, 5) is 11.1. The van der Waals surface area contributed by atoms with Crippen LogP contribution in [0.25, 0.3) is 11.5 Å². The molecule has 116 valence electrons. The zero-order valence-corrected chi connectivity index (χ0v) is 12.7. The molecule has 0 bridgehead atoms. The van der Waals surface area contributed by atoms with E-state index < -0.39 is 0 Å². The first kappa shape index (κ1) is 13.8. The first-order chi connectivity index (χ1) is 10.8. The second-order valence-corrected chi connectivity index (χ2v) is 6.42. The Balaban J connectivity index is 1.65. The van der Waals surface area contributed by atoms with Gasteiger partial charge in [-0.05, 0) is 37.4 Å². The van der Waals surface area contributed by atoms with Crippen LogP contribution in [0.2, 0.25) is 0 Å². The summed E-state index contributed by atoms with van der Waals surface area (Å²) in [6.07, 6.45) is 5.63. The van der Waals surface area contributed by atoms with E-state index in [4.69, 9.17) is 9.26 Å². The number of likely N-dealkylation sites (tertiary alicyclic amines) is 1. The number of ether oxygens (including phenoxy) is 1. The largest absolute Gasteiger partial charge is 0.381 e. The van der Waals surface area contributed by atoms with E-state index in [1.54, 1.807) is 12.4 Å². The van der Waals surface area contributed by atoms with Crippen LogP contribution >= 0.6 is 0 Å². The molecule has 4 rings (SSSR count). The summed E-state index contributed by atoms with van der Waals surface area (Å²) in [5.41, 5.74) is 1.09. The van der Waals surface area contributed by atoms with Gasteiger partial charge in [-0.25, -0.2) is 0 Å². The highest BCUT2D eigenvalue weighted by atomic mass is 16.5. The molecule has 1 atom stereocenters. The highest BCUT2D eigenvalue weighted by Gasteiger charge is 2.48. The molecule has 0 saturated carbocycles. The van der Waals surface area contributed by atoms with Gasteiger partial charge in [0.2, 0.25) is 0 Å². The molecule has 22 heavy (non-hydrogen) atoms. The van der Waals surface area contributed by atoms with Crippen molar-refractivity contribution in [3.8, 4) is 11.5 Å². The van der Waals surface area contributed by atoms with E-state index in [9.17, 15) is 0 Å². The smallest absolute Gasteiger partial charge is 0.259 e. The molecule has 2 fully saturated rings. The Morgan fingerprint density at radius 3 is 2.95 bits per heavy atom. The molecule has 2 aromatic heterocycles. The monoisotopic (exact) mass is 300 g/mol. The maximum Gasteiger partial charge on any atom is 0.259 e. The number of likely N-dealkylation sites (N-methyl/N-ethyl adjacent to an activating group) is 1. The molecule has 2 aliphatic heterocycles. The van der Waals surface area contributed by atoms with Gasteiger partial charge in [-0.3, -0.25) is 4.98 Å². The molecule has 0 aromatic carbocycles. The summed E-state index contributed by atoms with van der Waals surface area (Å²) in [6.45, 7) is 3.72. The van der Waals surface area contributed by atoms with E-state index >= 15 is 0 Å². The number of nitrogens with zero attached hydrogens (tertiary/aromatic N) is 4. The third kappa shape index (κ3) is 2.32. The fourth-order valence-electron chi connectivity index (χ4n) is 3.84. The van der Waals surface area contributed by atoms with E-state index in [2.05, 4.69) is 27.1 Å². The Hall–Kier alpha value is -1.79. The molecule has 6 nitrogen and oxygen atoms in total. The van der Waals surface area contributed by atoms with E-state index in [0.29, 0.717) is 11.8 Å². The van der Waals surface area contributed by atoms with Crippen molar-refractivity contribution in [2.45, 2.75) is 18.8 Å². The number of hydrogen-bond donors (Lipinski definition) is 0. The standard InChI is InChI=1S/C16H20N4O2/c1-20-10-13(16(11-20)4-7-21-8-5-16)14-18-15(22-19-14)12-3-2-6-17-9-12/h2-3,6,9,13H,4-5,7-8,10-11H2,1H3. The number of hydrogen-bond acceptors (Lipinski definition) is 6. The predicted molar refractivity (Wildman–Crippen MR) is 80.3 cm³/mol. The van der Waals surface area contributed by atoms with Gasteiger partial charge in [0, 0.05) is 44.6 Å². The number of rotatable bonds is 2. The van der Waals surface area contributed by atoms with Crippen molar-refractivity contribution in [1.82, 2.24) is 20.0 Å². The summed E-state index contributed by atoms with van der Waals surface area (Å²) in [6, 6.07) is 3.82. The van der Waals surface area contributed by atoms with Gasteiger partial charge in [0.05, 0.1) is 5.56 Å². The lowest BCUT2D eigenvalue weighted by atomic mass is 9.72. The Kier molecular flexibility index (Phi) is 3.43. The van der Waals surface area contributed by atoms with E-state index in [1.807, 2.05) is 12.1 Å². The Morgan fingerprint density at radius 1 is 1.32 bits per heavy atom. The lowest BCUT2D eigenvalue weighted by Crippen LogP contribution is -2.36. The van der Waals surface area contributed by atoms with E-state index in [0.717, 1.165) is 50.5 Å². The minimum Gasteiger partial charge on any atom is -0.381 e. The second kappa shape index (κ2) is 5.44. The van der Waals surface area contributed by atoms with Crippen molar-refractivity contribution in [1.29, 1.82) is 0 Å². The van der Waals surface area contributed by atoms with Crippen LogP contribution in [0.3, 0.4) is 0 Å². The molecule has 2 saturated heterocycles. The maximum absolute atomic E-state index is 5.56. The summed E-state index contributed by atoms with van der Waals surface area (Å²) < 4.78 is 11.0. The molecule has 1 spiro atoms. The highest BCUT2D eigenvalue weighted by Crippen LogP contribution is 2.48. The van der Waals surface area contributed by atoms with Crippen molar-refractivity contribution in [2.24, 2.45) is 5.41 Å². The highest BCUT2D eigenvalue weighted by molar-refractivity contribution is 5.50. The van der Waals surface area contributed by atoms with Gasteiger partial charge in [0.25, 0.3) is 5.89 Å². The van der Waals surface area contributed by atoms with Gasteiger partial charge in [-0.2, -0.15) is 4.98 Å². The predicted octanol–water partition coefficient (Wildman–Crippen LogP) is 1.96. The SMILES string of the molecule is CN1CC(c2noc(-c3cccnc3)n2)C2(CCOCC2)C1. The van der Waals surface area contributed by atoms with Crippen molar-refractivity contribution < 1.29 is 9.26 Å². The third-order valence-corrected chi connectivity index (χ3v) is 4.97. The molecule has 0 radical (unpaired) electrons. The van der Waals surface area contributed by atoms with Crippen molar-refractivity contribution in [3.63, 3.8) is 0 Å². The third-order valence-electron chi connectivity index (χ3n) is 4.97. The molecule has 0 aliphatic carbocycles. The first-order valence-electron chi connectivity index (χ1n) is 7.77. The van der Waals surface area contributed by atoms with Crippen LogP contribution in [0.15, 0.2) is 29.0 Å². The zero-order valence-electron chi connectivity index (χ0n) is 12.7. The zero-order chi connectivity index (χ0) is 15.0. The Morgan fingerprint density at radius 2 is 2.18 bits per heavy atom. The summed E-state index contributed by atoms with van der Waals surface area (Å²) >= 11 is 0. The van der Waals surface area contributed by atoms with Crippen LogP contribution in [0.5, 0.6) is 0 Å². The van der Waals surface area contributed by atoms with Crippen LogP contribution in [-0.2, 0) is 4.74 Å². The normalized spacial score (nSPS) is 24.9. The van der Waals surface area contributed by atoms with Gasteiger partial charge < -0.3 is 14.2 Å². The average Bonchev–Trinajstić information content (AvgIpc) is 3.14. The van der Waals surface area contributed by atoms with Crippen LogP contribution in [0.4, 0.5) is 0 Å². The lowest BCUT2D eigenvalue weighted by Gasteiger charge is -2.36. The fraction of sp³-hybridized carbons (Fsp3) is 0.562. The van der Waals surface area contributed by atoms with Crippen molar-refractivity contribution >= 4 is 0 Å². The van der Waals surface area contributed by atoms with Gasteiger partial charge >= 0.3 is 0 Å². The van der Waals surface area contributed by atoms with Crippen LogP contribution in [0, 0.1) is 5.41 Å². The lowest BCUT2D eigenvalue weighted by molar-refractivity contribution is 0.0118. The van der Waals surface area contributed by atoms with E-state index in [-0.39, 0.29) is 5.41 Å². The molecule has 6 heteroatoms. The quantitative estimate of drug-likeness (QED) is 0.845. The van der Waals surface area contributed by atoms with E-state index in [1.165, 1.54) is 0 Å². The Labute approximate surface area is 129 Å². The van der Waals surface area contributed by atoms with Gasteiger partial charge in [0.15, 0.2) is 5.82 Å². The average molecular weight is 300 g/mol. The summed E-state index contributed by atoms with van der Waals surface area (Å²) in [5.74, 6) is 1.69. The van der Waals surface area contributed by atoms with Crippen LogP contribution < -0.4 is 0 Å². The fourth-order valence-corrected chi connectivity index (χ4v) is 3.84. The molecule has 0 N–H and O–H groups in total. The summed E-state index contributed by atoms with van der Waals surface area (Å²) in [5, 5.41) is 4.28. The number of aromatic nitrogens is 3. The molecular weight excluding hydrogens is 280 g/mol. The molecule has 4 heterocycles. The topological polar surface area (TPSA) is 64.3 Å². The molecule has 2 aromatic rings. The van der Waals surface area contributed by atoms with Gasteiger partial charge in [0.1, 0.15) is 0 Å². The van der Waals surface area contributed by atoms with Crippen molar-refractivity contribution in [2.75, 3.05) is 33.4 Å². The molecule has 2 aliphatic rings. The second-order valence-electron chi connectivity index (χ2n) is 6.42. The first-order valence-corrected chi connectivity index (χ1v) is 7.77. The minimum atomic E-state index is 0.225. The molecule has 0 amide bonds. The van der Waals surface area contributed by atoms with Gasteiger partial charge in [-0.1, -0.05) is 5.16 Å². The summed E-state index contributed by atoms with van der Waals surface area (Å²) in [7, 11) is 2.17. The molecular formula is C16H20N4O2. The van der Waals surface area contributed by atoms with Gasteiger partial charge in [-0.15, -0.1) is 0 Å². The Bertz CT molecular complexity index is 637. The van der Waals surface area contributed by atoms with Crippen molar-refractivity contribution in [3.05, 3.63) is 30.4 Å². The minimum absolute atomic E-state index is 0.225. The van der Waals surface area contributed by atoms with Crippen LogP contribution in [0.1, 0.15) is 24.6 Å². The van der Waals surface area contributed by atoms with Crippen LogP contribution in [-0.4, -0.2) is 53.4 Å². The maximum atomic E-state index is 5.56. The number of pyridine rings is 1.